The molecule has 17 heavy (non-hydrogen) atoms. The van der Waals surface area contributed by atoms with Crippen molar-refractivity contribution in [3.8, 4) is 5.75 Å². The van der Waals surface area contributed by atoms with Crippen molar-refractivity contribution in [1.82, 2.24) is 0 Å². The van der Waals surface area contributed by atoms with E-state index in [1.165, 1.54) is 19.1 Å². The summed E-state index contributed by atoms with van der Waals surface area (Å²) in [5.41, 5.74) is 4.96. The fourth-order valence-corrected chi connectivity index (χ4v) is 2.10. The number of carboxylic acid groups (broad SMARTS) is 1. The van der Waals surface area contributed by atoms with Gasteiger partial charge in [0.15, 0.2) is 0 Å². The highest BCUT2D eigenvalue weighted by Gasteiger charge is 2.29. The van der Waals surface area contributed by atoms with Gasteiger partial charge in [-0.1, -0.05) is 6.07 Å². The second-order valence-corrected chi connectivity index (χ2v) is 5.15. The molecule has 0 amide bonds. The summed E-state index contributed by atoms with van der Waals surface area (Å²) in [5, 5.41) is 18.4. The molecule has 1 rings (SSSR count). The number of benzene rings is 1. The Morgan fingerprint density at radius 3 is 2.65 bits per heavy atom. The number of rotatable bonds is 4. The molecule has 0 aliphatic rings. The molecule has 0 heterocycles. The minimum atomic E-state index is -1.45. The van der Waals surface area contributed by atoms with Crippen molar-refractivity contribution in [2.24, 2.45) is 5.73 Å². The van der Waals surface area contributed by atoms with Crippen molar-refractivity contribution in [1.29, 1.82) is 0 Å². The van der Waals surface area contributed by atoms with Gasteiger partial charge in [0.2, 0.25) is 0 Å². The topological polar surface area (TPSA) is 83.5 Å². The molecule has 0 aliphatic heterocycles. The molecule has 94 valence electrons. The van der Waals surface area contributed by atoms with E-state index in [-0.39, 0.29) is 12.2 Å². The molecule has 1 aromatic rings. The van der Waals surface area contributed by atoms with Crippen LogP contribution in [0.2, 0.25) is 0 Å². The zero-order chi connectivity index (χ0) is 13.2. The predicted octanol–water partition coefficient (Wildman–Crippen LogP) is 1.81. The molecule has 0 saturated carbocycles. The summed E-state index contributed by atoms with van der Waals surface area (Å²) >= 11 is 1.82. The Kier molecular flexibility index (Phi) is 4.31. The van der Waals surface area contributed by atoms with Crippen molar-refractivity contribution >= 4 is 28.6 Å². The van der Waals surface area contributed by atoms with Crippen LogP contribution in [0.3, 0.4) is 0 Å². The van der Waals surface area contributed by atoms with Crippen LogP contribution in [0.1, 0.15) is 18.1 Å². The first-order chi connectivity index (χ1) is 7.79. The molecule has 6 heteroatoms. The van der Waals surface area contributed by atoms with Crippen LogP contribution in [0, 0.1) is 3.57 Å². The second kappa shape index (κ2) is 5.18. The third kappa shape index (κ3) is 3.06. The van der Waals surface area contributed by atoms with Gasteiger partial charge < -0.3 is 15.9 Å². The van der Waals surface area contributed by atoms with Crippen LogP contribution in [-0.2, 0) is 17.9 Å². The third-order valence-electron chi connectivity index (χ3n) is 2.50. The lowest BCUT2D eigenvalue weighted by molar-refractivity contribution is -0.142. The molecular weight excluding hydrogens is 340 g/mol. The predicted molar refractivity (Wildman–Crippen MR) is 69.6 cm³/mol. The van der Waals surface area contributed by atoms with Crippen molar-refractivity contribution in [3.63, 3.8) is 0 Å². The van der Waals surface area contributed by atoms with Gasteiger partial charge in [-0.3, -0.25) is 4.79 Å². The molecule has 1 atom stereocenters. The molecule has 0 aromatic heterocycles. The van der Waals surface area contributed by atoms with E-state index in [9.17, 15) is 14.3 Å². The van der Waals surface area contributed by atoms with E-state index in [1.807, 2.05) is 22.6 Å². The van der Waals surface area contributed by atoms with Crippen LogP contribution in [0.5, 0.6) is 5.75 Å². The zero-order valence-corrected chi connectivity index (χ0v) is 11.4. The van der Waals surface area contributed by atoms with Crippen LogP contribution in [0.4, 0.5) is 4.39 Å². The van der Waals surface area contributed by atoms with E-state index in [1.54, 1.807) is 0 Å². The van der Waals surface area contributed by atoms with Gasteiger partial charge in [0, 0.05) is 12.0 Å². The minimum absolute atomic E-state index is 0.0118. The molecule has 0 radical (unpaired) electrons. The number of aromatic hydroxyl groups is 1. The number of phenols is 1. The van der Waals surface area contributed by atoms with E-state index in [2.05, 4.69) is 0 Å². The van der Waals surface area contributed by atoms with Gasteiger partial charge in [0.25, 0.3) is 0 Å². The number of carbonyl (C=O) groups is 1. The second-order valence-electron chi connectivity index (χ2n) is 4.07. The Morgan fingerprint density at radius 1 is 1.59 bits per heavy atom. The quantitative estimate of drug-likeness (QED) is 0.721. The summed E-state index contributed by atoms with van der Waals surface area (Å²) in [6, 6.07) is 2.91. The van der Waals surface area contributed by atoms with Gasteiger partial charge in [0.05, 0.1) is 3.57 Å². The Bertz CT molecular complexity index is 449. The van der Waals surface area contributed by atoms with Gasteiger partial charge in [-0.05, 0) is 41.1 Å². The maximum atomic E-state index is 12.9. The van der Waals surface area contributed by atoms with Gasteiger partial charge in [-0.15, -0.1) is 0 Å². The summed E-state index contributed by atoms with van der Waals surface area (Å²) in [4.78, 5) is 10.9. The van der Waals surface area contributed by atoms with Gasteiger partial charge >= 0.3 is 5.97 Å². The third-order valence-corrected chi connectivity index (χ3v) is 3.70. The Morgan fingerprint density at radius 2 is 2.18 bits per heavy atom. The molecule has 4 nitrogen and oxygen atoms in total. The molecule has 0 aliphatic carbocycles. The zero-order valence-electron chi connectivity index (χ0n) is 9.20. The smallest absolute Gasteiger partial charge is 0.323 e. The fourth-order valence-electron chi connectivity index (χ4n) is 1.43. The highest BCUT2D eigenvalue weighted by Crippen LogP contribution is 2.28. The van der Waals surface area contributed by atoms with Crippen molar-refractivity contribution in [2.45, 2.75) is 25.6 Å². The van der Waals surface area contributed by atoms with Crippen LogP contribution in [0.25, 0.3) is 0 Å². The first-order valence-electron chi connectivity index (χ1n) is 4.87. The monoisotopic (exact) mass is 353 g/mol. The lowest BCUT2D eigenvalue weighted by Gasteiger charge is -2.21. The number of alkyl halides is 1. The highest BCUT2D eigenvalue weighted by atomic mass is 127. The molecule has 0 unspecified atom stereocenters. The Labute approximate surface area is 112 Å². The fraction of sp³-hybridized carbons (Fsp3) is 0.364. The summed E-state index contributed by atoms with van der Waals surface area (Å²) in [6.45, 7) is 0.606. The van der Waals surface area contributed by atoms with E-state index >= 15 is 0 Å². The van der Waals surface area contributed by atoms with Crippen LogP contribution < -0.4 is 5.73 Å². The van der Waals surface area contributed by atoms with Crippen LogP contribution in [0.15, 0.2) is 12.1 Å². The summed E-state index contributed by atoms with van der Waals surface area (Å²) in [5.74, 6) is -1.17. The van der Waals surface area contributed by atoms with Crippen molar-refractivity contribution in [3.05, 3.63) is 26.8 Å². The number of nitrogens with two attached hydrogens (primary N) is 1. The lowest BCUT2D eigenvalue weighted by Crippen LogP contribution is -2.47. The van der Waals surface area contributed by atoms with Crippen molar-refractivity contribution in [2.75, 3.05) is 0 Å². The van der Waals surface area contributed by atoms with E-state index in [4.69, 9.17) is 10.8 Å². The number of hydrogen-bond acceptors (Lipinski definition) is 3. The van der Waals surface area contributed by atoms with Crippen LogP contribution in [-0.4, -0.2) is 21.7 Å². The summed E-state index contributed by atoms with van der Waals surface area (Å²) in [6.07, 6.45) is 0.0118. The average molecular weight is 353 g/mol. The minimum Gasteiger partial charge on any atom is -0.507 e. The van der Waals surface area contributed by atoms with Gasteiger partial charge in [-0.2, -0.15) is 0 Å². The average Bonchev–Trinajstić information content (AvgIpc) is 2.23. The lowest BCUT2D eigenvalue weighted by atomic mass is 9.91. The van der Waals surface area contributed by atoms with Gasteiger partial charge in [-0.25, -0.2) is 4.39 Å². The first-order valence-corrected chi connectivity index (χ1v) is 5.95. The maximum absolute atomic E-state index is 12.9. The van der Waals surface area contributed by atoms with Gasteiger partial charge in [0.1, 0.15) is 18.0 Å². The number of phenolic OH excluding ortho intramolecular Hbond substituents is 1. The molecule has 0 bridgehead atoms. The molecule has 0 saturated heterocycles. The number of hydrogen-bond donors (Lipinski definition) is 3. The molecule has 4 N–H and O–H groups in total. The van der Waals surface area contributed by atoms with E-state index in [0.29, 0.717) is 14.7 Å². The SMILES string of the molecule is C[C@](N)(Cc1ccc(O)c(I)c1CF)C(=O)O. The van der Waals surface area contributed by atoms with Crippen molar-refractivity contribution < 1.29 is 19.4 Å². The standard InChI is InChI=1S/C11H13FINO3/c1-11(14,10(16)17)4-6-2-3-8(15)9(13)7(6)5-12/h2-3,15H,4-5,14H2,1H3,(H,16,17)/t11-/m0/s1. The summed E-state index contributed by atoms with van der Waals surface area (Å²) in [7, 11) is 0. The van der Waals surface area contributed by atoms with E-state index in [0.717, 1.165) is 0 Å². The maximum Gasteiger partial charge on any atom is 0.323 e. The number of halogens is 2. The normalized spacial score (nSPS) is 14.4. The molecule has 1 aromatic carbocycles. The largest absolute Gasteiger partial charge is 0.507 e. The summed E-state index contributed by atoms with van der Waals surface area (Å²) < 4.78 is 13.3. The Balaban J connectivity index is 3.16. The number of aliphatic carboxylic acids is 1. The molecule has 0 fully saturated rings. The molecule has 0 spiro atoms. The number of carboxylic acids is 1. The highest BCUT2D eigenvalue weighted by molar-refractivity contribution is 14.1. The van der Waals surface area contributed by atoms with Crippen LogP contribution >= 0.6 is 22.6 Å². The molecular formula is C11H13FINO3. The first kappa shape index (κ1) is 14.2. The van der Waals surface area contributed by atoms with E-state index < -0.39 is 18.2 Å². The Hall–Kier alpha value is -0.890.